The van der Waals surface area contributed by atoms with Gasteiger partial charge in [-0.15, -0.1) is 20.5 Å². The van der Waals surface area contributed by atoms with Gasteiger partial charge in [-0.25, -0.2) is 21.4 Å². The monoisotopic (exact) mass is 845 g/mol. The molecular formula is C25H21F2N5O16S5. The van der Waals surface area contributed by atoms with Crippen LogP contribution in [0, 0.1) is 11.6 Å². The van der Waals surface area contributed by atoms with E-state index in [1.54, 1.807) is 0 Å². The number of azo groups is 2. The number of phenols is 1. The maximum Gasteiger partial charge on any atom is 0.397 e. The minimum atomic E-state index is -5.42. The SMILES string of the molecule is CNc1ccc2c(O)c(N=Nc3cc(F)cc(F)c3S(=O)(=O)O)c(S(=O)(=O)O)cc2c1N=Nc1ccc(S(=O)(=O)CCOS(=O)(=O)O)cc1S(=O)(=O)O. The van der Waals surface area contributed by atoms with Crippen molar-refractivity contribution in [2.24, 2.45) is 20.5 Å². The summed E-state index contributed by atoms with van der Waals surface area (Å²) >= 11 is 0. The van der Waals surface area contributed by atoms with E-state index >= 15 is 0 Å². The van der Waals surface area contributed by atoms with E-state index in [0.29, 0.717) is 18.2 Å². The lowest BCUT2D eigenvalue weighted by atomic mass is 10.1. The molecule has 0 amide bonds. The maximum atomic E-state index is 14.2. The molecule has 0 spiro atoms. The number of benzene rings is 4. The summed E-state index contributed by atoms with van der Waals surface area (Å²) < 4.78 is 189. The zero-order valence-corrected chi connectivity index (χ0v) is 29.9. The van der Waals surface area contributed by atoms with Crippen LogP contribution in [0.2, 0.25) is 0 Å². The van der Waals surface area contributed by atoms with Gasteiger partial charge in [-0.2, -0.15) is 33.7 Å². The zero-order valence-electron chi connectivity index (χ0n) is 25.8. The number of anilines is 1. The van der Waals surface area contributed by atoms with E-state index in [1.165, 1.54) is 13.1 Å². The van der Waals surface area contributed by atoms with Crippen LogP contribution in [0.4, 0.5) is 37.2 Å². The number of fused-ring (bicyclic) bond motifs is 1. The molecule has 286 valence electrons. The van der Waals surface area contributed by atoms with Crippen LogP contribution in [0.5, 0.6) is 5.75 Å². The second-order valence-electron chi connectivity index (χ2n) is 10.1. The van der Waals surface area contributed by atoms with Crippen LogP contribution in [-0.4, -0.2) is 84.8 Å². The number of phenolic OH excluding ortho intramolecular Hbond substituents is 1. The Kier molecular flexibility index (Phi) is 11.4. The Morgan fingerprint density at radius 1 is 0.679 bits per heavy atom. The molecule has 4 rings (SSSR count). The van der Waals surface area contributed by atoms with Crippen molar-refractivity contribution in [2.45, 2.75) is 19.6 Å². The van der Waals surface area contributed by atoms with Gasteiger partial charge >= 0.3 is 10.4 Å². The van der Waals surface area contributed by atoms with Gasteiger partial charge in [0.2, 0.25) is 0 Å². The van der Waals surface area contributed by atoms with Crippen LogP contribution < -0.4 is 5.32 Å². The van der Waals surface area contributed by atoms with Gasteiger partial charge in [0, 0.05) is 30.0 Å². The standard InChI is InChI=1S/C25H21F2N5O16S5/c1-28-18-5-3-14-15(11-21(51(39,40)41)23(24(14)33)32-30-19-9-12(26)8-16(27)25(19)52(42,43)44)22(18)31-29-17-4-2-13(10-20(17)50(36,37)38)49(34,35)7-6-48-53(45,46)47/h2-5,8-11,28,33H,6-7H2,1H3,(H,36,37,38)(H,39,40,41)(H,42,43,44)(H,45,46,47). The van der Waals surface area contributed by atoms with E-state index in [0.717, 1.165) is 18.2 Å². The smallest absolute Gasteiger partial charge is 0.397 e. The van der Waals surface area contributed by atoms with E-state index in [1.807, 2.05) is 0 Å². The number of nitrogens with one attached hydrogen (secondary N) is 1. The van der Waals surface area contributed by atoms with E-state index in [4.69, 9.17) is 4.55 Å². The Labute approximate surface area is 297 Å². The first-order valence-corrected chi connectivity index (χ1v) is 20.8. The fourth-order valence-corrected chi connectivity index (χ4v) is 7.99. The Balaban J connectivity index is 1.92. The fourth-order valence-electron chi connectivity index (χ4n) is 4.44. The van der Waals surface area contributed by atoms with Crippen LogP contribution in [0.25, 0.3) is 10.8 Å². The molecule has 0 bridgehead atoms. The Morgan fingerprint density at radius 2 is 1.28 bits per heavy atom. The van der Waals surface area contributed by atoms with Crippen LogP contribution >= 0.6 is 0 Å². The molecule has 53 heavy (non-hydrogen) atoms. The molecule has 0 saturated heterocycles. The third kappa shape index (κ3) is 9.48. The van der Waals surface area contributed by atoms with Crippen LogP contribution in [-0.2, 0) is 54.8 Å². The molecule has 28 heteroatoms. The van der Waals surface area contributed by atoms with Crippen molar-refractivity contribution < 1.29 is 78.4 Å². The molecular weight excluding hydrogens is 825 g/mol. The van der Waals surface area contributed by atoms with Crippen LogP contribution in [0.1, 0.15) is 0 Å². The second kappa shape index (κ2) is 14.6. The summed E-state index contributed by atoms with van der Waals surface area (Å²) in [5.41, 5.74) is -3.45. The molecule has 4 aromatic rings. The highest BCUT2D eigenvalue weighted by atomic mass is 32.3. The van der Waals surface area contributed by atoms with Gasteiger partial charge in [0.1, 0.15) is 44.2 Å². The predicted octanol–water partition coefficient (Wildman–Crippen LogP) is 4.03. The van der Waals surface area contributed by atoms with Gasteiger partial charge in [-0.05, 0) is 36.4 Å². The highest BCUT2D eigenvalue weighted by Crippen LogP contribution is 2.47. The highest BCUT2D eigenvalue weighted by Gasteiger charge is 2.27. The number of halogens is 2. The summed E-state index contributed by atoms with van der Waals surface area (Å²) in [7, 11) is -24.3. The number of hydrogen-bond donors (Lipinski definition) is 6. The first kappa shape index (κ1) is 41.1. The Morgan fingerprint density at radius 3 is 1.85 bits per heavy atom. The van der Waals surface area contributed by atoms with E-state index in [9.17, 15) is 69.6 Å². The number of hydrogen-bond acceptors (Lipinski definition) is 17. The zero-order chi connectivity index (χ0) is 39.9. The lowest BCUT2D eigenvalue weighted by Gasteiger charge is -2.13. The maximum absolute atomic E-state index is 14.2. The van der Waals surface area contributed by atoms with E-state index < -0.39 is 123 Å². The molecule has 6 N–H and O–H groups in total. The summed E-state index contributed by atoms with van der Waals surface area (Å²) in [6, 6.07) is 5.31. The first-order valence-electron chi connectivity index (χ1n) is 13.5. The summed E-state index contributed by atoms with van der Waals surface area (Å²) in [6.45, 7) is -1.08. The lowest BCUT2D eigenvalue weighted by Crippen LogP contribution is -2.16. The molecule has 0 aromatic heterocycles. The van der Waals surface area contributed by atoms with Crippen molar-refractivity contribution in [2.75, 3.05) is 24.7 Å². The van der Waals surface area contributed by atoms with Crippen molar-refractivity contribution >= 4 is 89.8 Å². The van der Waals surface area contributed by atoms with Gasteiger partial charge in [-0.1, -0.05) is 0 Å². The minimum Gasteiger partial charge on any atom is -0.505 e. The molecule has 0 aliphatic rings. The molecule has 21 nitrogen and oxygen atoms in total. The van der Waals surface area contributed by atoms with Gasteiger partial charge < -0.3 is 10.4 Å². The van der Waals surface area contributed by atoms with E-state index in [2.05, 4.69) is 30.0 Å². The number of nitrogens with zero attached hydrogens (tertiary/aromatic N) is 4. The molecule has 0 atom stereocenters. The molecule has 4 aromatic carbocycles. The van der Waals surface area contributed by atoms with Crippen molar-refractivity contribution in [3.63, 3.8) is 0 Å². The van der Waals surface area contributed by atoms with Crippen molar-refractivity contribution in [1.29, 1.82) is 0 Å². The summed E-state index contributed by atoms with van der Waals surface area (Å²) in [5.74, 6) is -5.42. The molecule has 0 unspecified atom stereocenters. The fraction of sp³-hybridized carbons (Fsp3) is 0.120. The average Bonchev–Trinajstić information content (AvgIpc) is 3.00. The van der Waals surface area contributed by atoms with Gasteiger partial charge in [0.05, 0.1) is 22.9 Å². The third-order valence-electron chi connectivity index (χ3n) is 6.67. The molecule has 0 fully saturated rings. The largest absolute Gasteiger partial charge is 0.505 e. The molecule has 0 aliphatic carbocycles. The minimum absolute atomic E-state index is 0.0178. The van der Waals surface area contributed by atoms with Crippen molar-refractivity contribution in [3.8, 4) is 5.75 Å². The number of sulfone groups is 1. The number of aromatic hydroxyl groups is 1. The highest BCUT2D eigenvalue weighted by molar-refractivity contribution is 7.91. The predicted molar refractivity (Wildman–Crippen MR) is 175 cm³/mol. The van der Waals surface area contributed by atoms with Gasteiger partial charge in [0.15, 0.2) is 20.5 Å². The summed E-state index contributed by atoms with van der Waals surface area (Å²) in [6.07, 6.45) is 0. The first-order chi connectivity index (χ1) is 24.2. The molecule has 0 aliphatic heterocycles. The van der Waals surface area contributed by atoms with Crippen molar-refractivity contribution in [3.05, 3.63) is 60.2 Å². The quantitative estimate of drug-likeness (QED) is 0.0817. The normalized spacial score (nSPS) is 13.3. The van der Waals surface area contributed by atoms with Crippen molar-refractivity contribution in [1.82, 2.24) is 0 Å². The molecule has 0 radical (unpaired) electrons. The van der Waals surface area contributed by atoms with Gasteiger partial charge in [-0.3, -0.25) is 18.2 Å². The second-order valence-corrected chi connectivity index (χ2v) is 17.5. The molecule has 0 saturated carbocycles. The Bertz CT molecular complexity index is 2800. The summed E-state index contributed by atoms with van der Waals surface area (Å²) in [4.78, 5) is -4.75. The van der Waals surface area contributed by atoms with E-state index in [-0.39, 0.29) is 22.5 Å². The third-order valence-corrected chi connectivity index (χ3v) is 11.5. The molecule has 0 heterocycles. The van der Waals surface area contributed by atoms with Crippen LogP contribution in [0.15, 0.2) is 88.6 Å². The van der Waals surface area contributed by atoms with Crippen LogP contribution in [0.3, 0.4) is 0 Å². The summed E-state index contributed by atoms with van der Waals surface area (Å²) in [5, 5.41) is 27.2. The topological polar surface area (TPSA) is 343 Å². The Hall–Kier alpha value is -4.65. The van der Waals surface area contributed by atoms with Gasteiger partial charge in [0.25, 0.3) is 30.4 Å². The average molecular weight is 846 g/mol. The number of rotatable bonds is 13. The lowest BCUT2D eigenvalue weighted by molar-refractivity contribution is 0.284.